The Kier molecular flexibility index (Phi) is 8.49. The molecule has 1 aromatic rings. The van der Waals surface area contributed by atoms with Crippen LogP contribution in [0.15, 0.2) is 24.3 Å². The number of fused-ring (bicyclic) bond motifs is 4. The third-order valence-corrected chi connectivity index (χ3v) is 16.3. The Morgan fingerprint density at radius 1 is 0.587 bits per heavy atom. The number of benzene rings is 1. The number of carbonyl (C=O) groups excluding carboxylic acids is 2. The van der Waals surface area contributed by atoms with Gasteiger partial charge in [0.25, 0.3) is 0 Å². The van der Waals surface area contributed by atoms with Crippen LogP contribution < -0.4 is 0 Å². The van der Waals surface area contributed by atoms with Gasteiger partial charge in [-0.3, -0.25) is 0 Å². The second-order valence-electron chi connectivity index (χ2n) is 18.6. The highest BCUT2D eigenvalue weighted by molar-refractivity contribution is 6.03. The summed E-state index contributed by atoms with van der Waals surface area (Å²) in [6, 6.07) is 7.32. The van der Waals surface area contributed by atoms with Crippen molar-refractivity contribution in [1.29, 1.82) is 0 Å². The Morgan fingerprint density at radius 3 is 1.33 bits per heavy atom. The van der Waals surface area contributed by atoms with E-state index in [-0.39, 0.29) is 45.8 Å². The van der Waals surface area contributed by atoms with Crippen molar-refractivity contribution < 1.29 is 19.1 Å². The first-order valence-electron chi connectivity index (χ1n) is 19.4. The Labute approximate surface area is 279 Å². The molecule has 7 rings (SSSR count). The van der Waals surface area contributed by atoms with Gasteiger partial charge in [-0.2, -0.15) is 0 Å². The number of esters is 2. The summed E-state index contributed by atoms with van der Waals surface area (Å²) in [4.78, 5) is 28.4. The summed E-state index contributed by atoms with van der Waals surface area (Å²) in [5.41, 5.74) is 0.935. The molecule has 0 saturated heterocycles. The molecular weight excluding hydrogens is 568 g/mol. The van der Waals surface area contributed by atoms with Gasteiger partial charge >= 0.3 is 11.9 Å². The standard InChI is InChI=1S/C42H62O4/c1-39(2)33-21-23-41(39,5)35(31(33)25-27-15-9-7-10-16-27)45-37(43)29-19-13-14-20-30(29)38(44)46-36-32(26-28-17-11-8-12-18-28)34-22-24-42(36,6)40(34,3)4/h13-14,19-20,27-28,31-36H,7-12,15-18,21-26H2,1-6H3/t31-,32-,33-,34-,35+,36+,41+,42+/m0/s1. The zero-order chi connectivity index (χ0) is 32.5. The van der Waals surface area contributed by atoms with Crippen molar-refractivity contribution in [2.75, 3.05) is 0 Å². The third-order valence-electron chi connectivity index (χ3n) is 16.3. The second-order valence-corrected chi connectivity index (χ2v) is 18.6. The van der Waals surface area contributed by atoms with E-state index in [1.807, 2.05) is 12.1 Å². The van der Waals surface area contributed by atoms with Crippen molar-refractivity contribution >= 4 is 11.9 Å². The highest BCUT2D eigenvalue weighted by Crippen LogP contribution is 2.71. The van der Waals surface area contributed by atoms with E-state index < -0.39 is 0 Å². The molecule has 6 aliphatic carbocycles. The first-order chi connectivity index (χ1) is 21.9. The molecule has 0 aliphatic heterocycles. The first-order valence-corrected chi connectivity index (χ1v) is 19.4. The fraction of sp³-hybridized carbons (Fsp3) is 0.810. The Bertz CT molecular complexity index is 1200. The van der Waals surface area contributed by atoms with Crippen LogP contribution in [0.4, 0.5) is 0 Å². The minimum absolute atomic E-state index is 0.0439. The van der Waals surface area contributed by atoms with Gasteiger partial charge in [0.2, 0.25) is 0 Å². The van der Waals surface area contributed by atoms with Crippen LogP contribution in [0.2, 0.25) is 0 Å². The predicted molar refractivity (Wildman–Crippen MR) is 183 cm³/mol. The van der Waals surface area contributed by atoms with E-state index in [0.29, 0.717) is 34.8 Å². The molecule has 0 unspecified atom stereocenters. The summed E-state index contributed by atoms with van der Waals surface area (Å²) in [5.74, 6) is 2.78. The van der Waals surface area contributed by atoms with Crippen molar-refractivity contribution in [3.63, 3.8) is 0 Å². The highest BCUT2D eigenvalue weighted by Gasteiger charge is 2.69. The molecule has 1 aromatic carbocycles. The third kappa shape index (κ3) is 5.03. The van der Waals surface area contributed by atoms with Gasteiger partial charge in [-0.25, -0.2) is 9.59 Å². The molecule has 8 atom stereocenters. The monoisotopic (exact) mass is 630 g/mol. The van der Waals surface area contributed by atoms with E-state index in [0.717, 1.165) is 24.7 Å². The zero-order valence-corrected chi connectivity index (χ0v) is 29.9. The highest BCUT2D eigenvalue weighted by atomic mass is 16.6. The van der Waals surface area contributed by atoms with Crippen molar-refractivity contribution in [2.24, 2.45) is 57.2 Å². The molecule has 46 heavy (non-hydrogen) atoms. The quantitative estimate of drug-likeness (QED) is 0.268. The van der Waals surface area contributed by atoms with Crippen molar-refractivity contribution in [2.45, 2.75) is 156 Å². The van der Waals surface area contributed by atoms with E-state index in [9.17, 15) is 9.59 Å². The largest absolute Gasteiger partial charge is 0.458 e. The van der Waals surface area contributed by atoms with Gasteiger partial charge in [0.1, 0.15) is 12.2 Å². The molecule has 6 aliphatic rings. The summed E-state index contributed by atoms with van der Waals surface area (Å²) < 4.78 is 13.3. The summed E-state index contributed by atoms with van der Waals surface area (Å²) in [5, 5.41) is 0. The normalized spacial score (nSPS) is 39.9. The van der Waals surface area contributed by atoms with Gasteiger partial charge < -0.3 is 9.47 Å². The Balaban J connectivity index is 1.12. The SMILES string of the molecule is CC1(C)[C@H]2CC[C@]1(C)[C@H](OC(=O)c1ccccc1C(=O)O[C@@H]1[C@@H](CC3CCCCC3)[C@@H]3CC[C@@]1(C)C3(C)C)[C@H]2CC1CCCCC1. The molecule has 0 radical (unpaired) electrons. The summed E-state index contributed by atoms with van der Waals surface area (Å²) in [6.45, 7) is 14.4. The molecule has 0 spiro atoms. The van der Waals surface area contributed by atoms with Crippen LogP contribution in [0.3, 0.4) is 0 Å². The number of hydrogen-bond acceptors (Lipinski definition) is 4. The molecule has 0 amide bonds. The number of rotatable bonds is 8. The van der Waals surface area contributed by atoms with E-state index in [1.54, 1.807) is 12.1 Å². The molecule has 0 heterocycles. The van der Waals surface area contributed by atoms with Crippen molar-refractivity contribution in [1.82, 2.24) is 0 Å². The smallest absolute Gasteiger partial charge is 0.339 e. The number of carbonyl (C=O) groups is 2. The van der Waals surface area contributed by atoms with Crippen LogP contribution in [0, 0.1) is 57.2 Å². The molecular formula is C42H62O4. The van der Waals surface area contributed by atoms with Gasteiger partial charge in [0, 0.05) is 22.7 Å². The van der Waals surface area contributed by atoms with Gasteiger partial charge in [0.15, 0.2) is 0 Å². The minimum atomic E-state index is -0.339. The lowest BCUT2D eigenvalue weighted by molar-refractivity contribution is -0.0482. The fourth-order valence-electron chi connectivity index (χ4n) is 12.8. The van der Waals surface area contributed by atoms with Gasteiger partial charge in [0.05, 0.1) is 11.1 Å². The van der Waals surface area contributed by atoms with Crippen LogP contribution in [0.1, 0.15) is 165 Å². The molecule has 4 nitrogen and oxygen atoms in total. The molecule has 0 N–H and O–H groups in total. The average molecular weight is 631 g/mol. The van der Waals surface area contributed by atoms with Gasteiger partial charge in [-0.15, -0.1) is 0 Å². The van der Waals surface area contributed by atoms with Crippen LogP contribution >= 0.6 is 0 Å². The number of ether oxygens (including phenoxy) is 2. The predicted octanol–water partition coefficient (Wildman–Crippen LogP) is 10.8. The van der Waals surface area contributed by atoms with Gasteiger partial charge in [-0.05, 0) is 85.2 Å². The Hall–Kier alpha value is -1.84. The van der Waals surface area contributed by atoms with Crippen LogP contribution in [0.25, 0.3) is 0 Å². The molecule has 0 aromatic heterocycles. The summed E-state index contributed by atoms with van der Waals surface area (Å²) >= 11 is 0. The number of hydrogen-bond donors (Lipinski definition) is 0. The Morgan fingerprint density at radius 2 is 0.957 bits per heavy atom. The van der Waals surface area contributed by atoms with Gasteiger partial charge in [-0.1, -0.05) is 118 Å². The van der Waals surface area contributed by atoms with E-state index in [1.165, 1.54) is 89.9 Å². The lowest BCUT2D eigenvalue weighted by Crippen LogP contribution is -2.42. The summed E-state index contributed by atoms with van der Waals surface area (Å²) in [7, 11) is 0. The maximum atomic E-state index is 14.2. The van der Waals surface area contributed by atoms with Crippen LogP contribution in [0.5, 0.6) is 0 Å². The van der Waals surface area contributed by atoms with Crippen molar-refractivity contribution in [3.05, 3.63) is 35.4 Å². The molecule has 254 valence electrons. The van der Waals surface area contributed by atoms with E-state index >= 15 is 0 Å². The second kappa shape index (κ2) is 11.9. The van der Waals surface area contributed by atoms with Crippen LogP contribution in [-0.4, -0.2) is 24.1 Å². The van der Waals surface area contributed by atoms with Crippen molar-refractivity contribution in [3.8, 4) is 0 Å². The lowest BCUT2D eigenvalue weighted by Gasteiger charge is -2.41. The van der Waals surface area contributed by atoms with E-state index in [2.05, 4.69) is 41.5 Å². The zero-order valence-electron chi connectivity index (χ0n) is 29.9. The lowest BCUT2D eigenvalue weighted by atomic mass is 9.69. The topological polar surface area (TPSA) is 52.6 Å². The molecule has 4 bridgehead atoms. The summed E-state index contributed by atoms with van der Waals surface area (Å²) in [6.07, 6.45) is 20.1. The maximum absolute atomic E-state index is 14.2. The molecule has 6 fully saturated rings. The average Bonchev–Trinajstić information content (AvgIpc) is 3.54. The van der Waals surface area contributed by atoms with Crippen LogP contribution in [-0.2, 0) is 9.47 Å². The molecule has 6 saturated carbocycles. The maximum Gasteiger partial charge on any atom is 0.339 e. The fourth-order valence-corrected chi connectivity index (χ4v) is 12.8. The van der Waals surface area contributed by atoms with E-state index in [4.69, 9.17) is 9.47 Å². The minimum Gasteiger partial charge on any atom is -0.458 e. The molecule has 4 heteroatoms. The first kappa shape index (κ1) is 32.7.